The van der Waals surface area contributed by atoms with Crippen LogP contribution in [0.3, 0.4) is 0 Å². The Morgan fingerprint density at radius 2 is 1.61 bits per heavy atom. The highest BCUT2D eigenvalue weighted by atomic mass is 16.2. The van der Waals surface area contributed by atoms with E-state index in [1.54, 1.807) is 6.92 Å². The highest BCUT2D eigenvalue weighted by Crippen LogP contribution is 2.20. The van der Waals surface area contributed by atoms with Crippen LogP contribution in [0.5, 0.6) is 0 Å². The summed E-state index contributed by atoms with van der Waals surface area (Å²) in [7, 11) is 0. The summed E-state index contributed by atoms with van der Waals surface area (Å²) >= 11 is 0. The van der Waals surface area contributed by atoms with Crippen LogP contribution in [0.2, 0.25) is 0 Å². The van der Waals surface area contributed by atoms with Crippen LogP contribution in [0, 0.1) is 5.41 Å². The number of ketones is 1. The average molecular weight is 325 g/mol. The number of nitrogens with one attached hydrogen (secondary N) is 1. The van der Waals surface area contributed by atoms with Gasteiger partial charge in [0.25, 0.3) is 0 Å². The lowest BCUT2D eigenvalue weighted by Gasteiger charge is -2.29. The van der Waals surface area contributed by atoms with Gasteiger partial charge in [-0.15, -0.1) is 0 Å². The maximum Gasteiger partial charge on any atom is 0.220 e. The van der Waals surface area contributed by atoms with Gasteiger partial charge in [-0.1, -0.05) is 40.0 Å². The topological polar surface area (TPSA) is 49.4 Å². The Morgan fingerprint density at radius 3 is 2.17 bits per heavy atom. The van der Waals surface area contributed by atoms with Crippen molar-refractivity contribution >= 4 is 11.7 Å². The molecule has 0 aromatic carbocycles. The van der Waals surface area contributed by atoms with Gasteiger partial charge in [-0.25, -0.2) is 0 Å². The number of rotatable bonds is 9. The second-order valence-corrected chi connectivity index (χ2v) is 8.04. The van der Waals surface area contributed by atoms with Crippen LogP contribution < -0.4 is 5.32 Å². The molecular formula is C19H36N2O2. The fraction of sp³-hybridized carbons (Fsp3) is 0.895. The fourth-order valence-electron chi connectivity index (χ4n) is 3.32. The van der Waals surface area contributed by atoms with Gasteiger partial charge in [-0.3, -0.25) is 9.59 Å². The molecule has 0 aromatic heterocycles. The number of likely N-dealkylation sites (tertiary alicyclic amines) is 1. The van der Waals surface area contributed by atoms with Crippen LogP contribution in [0.25, 0.3) is 0 Å². The molecule has 1 aliphatic rings. The van der Waals surface area contributed by atoms with Crippen LogP contribution in [-0.2, 0) is 9.59 Å². The van der Waals surface area contributed by atoms with Gasteiger partial charge in [0.1, 0.15) is 0 Å². The van der Waals surface area contributed by atoms with Crippen molar-refractivity contribution in [2.45, 2.75) is 85.1 Å². The molecule has 1 N–H and O–H groups in total. The molecule has 4 heteroatoms. The van der Waals surface area contributed by atoms with E-state index in [4.69, 9.17) is 0 Å². The normalized spacial score (nSPS) is 17.7. The fourth-order valence-corrected chi connectivity index (χ4v) is 3.32. The summed E-state index contributed by atoms with van der Waals surface area (Å²) in [5.41, 5.74) is -0.226. The summed E-state index contributed by atoms with van der Waals surface area (Å²) in [5.74, 6) is 0.0449. The molecule has 1 heterocycles. The quantitative estimate of drug-likeness (QED) is 0.660. The minimum Gasteiger partial charge on any atom is -0.346 e. The van der Waals surface area contributed by atoms with Crippen molar-refractivity contribution in [2.75, 3.05) is 19.6 Å². The molecule has 1 amide bonds. The van der Waals surface area contributed by atoms with Crippen molar-refractivity contribution in [2.24, 2.45) is 5.41 Å². The first-order chi connectivity index (χ1) is 10.8. The van der Waals surface area contributed by atoms with Gasteiger partial charge in [0.05, 0.1) is 6.04 Å². The Balaban J connectivity index is 2.10. The zero-order valence-corrected chi connectivity index (χ0v) is 15.6. The number of Topliss-reactive ketones (excluding diaryl/α,β-unsaturated/α-hetero) is 1. The second kappa shape index (κ2) is 10.1. The van der Waals surface area contributed by atoms with Gasteiger partial charge in [-0.2, -0.15) is 0 Å². The molecule has 1 fully saturated rings. The summed E-state index contributed by atoms with van der Waals surface area (Å²) in [5, 5.41) is 2.90. The molecule has 0 saturated carbocycles. The Kier molecular flexibility index (Phi) is 8.82. The molecule has 4 nitrogen and oxygen atoms in total. The molecule has 23 heavy (non-hydrogen) atoms. The van der Waals surface area contributed by atoms with Gasteiger partial charge >= 0.3 is 0 Å². The largest absolute Gasteiger partial charge is 0.346 e. The molecule has 1 rings (SSSR count). The lowest BCUT2D eigenvalue weighted by molar-refractivity contribution is -0.129. The number of carbonyl (C=O) groups excluding carboxylic acids is 2. The molecule has 0 spiro atoms. The van der Waals surface area contributed by atoms with Crippen molar-refractivity contribution in [1.29, 1.82) is 0 Å². The average Bonchev–Trinajstić information content (AvgIpc) is 2.48. The second-order valence-electron chi connectivity index (χ2n) is 8.04. The van der Waals surface area contributed by atoms with E-state index in [9.17, 15) is 9.59 Å². The molecule has 0 bridgehead atoms. The Hall–Kier alpha value is -0.900. The van der Waals surface area contributed by atoms with E-state index in [2.05, 4.69) is 10.2 Å². The standard InChI is InChI=1S/C19H36N2O2/c1-16(22)18(19(2,3)4)20-17(23)12-8-5-6-9-13-21-14-10-7-11-15-21/h18H,5-15H2,1-4H3,(H,20,23)/t18-/m1/s1. The van der Waals surface area contributed by atoms with Crippen molar-refractivity contribution in [3.63, 3.8) is 0 Å². The lowest BCUT2D eigenvalue weighted by atomic mass is 9.84. The van der Waals surface area contributed by atoms with E-state index in [1.807, 2.05) is 20.8 Å². The summed E-state index contributed by atoms with van der Waals surface area (Å²) in [6.45, 7) is 11.3. The summed E-state index contributed by atoms with van der Waals surface area (Å²) < 4.78 is 0. The minimum atomic E-state index is -0.380. The zero-order chi connectivity index (χ0) is 17.3. The van der Waals surface area contributed by atoms with Crippen LogP contribution in [-0.4, -0.2) is 42.3 Å². The number of piperidine rings is 1. The molecule has 1 saturated heterocycles. The third-order valence-corrected chi connectivity index (χ3v) is 4.65. The van der Waals surface area contributed by atoms with Crippen molar-refractivity contribution in [1.82, 2.24) is 10.2 Å². The van der Waals surface area contributed by atoms with E-state index in [-0.39, 0.29) is 23.1 Å². The molecule has 0 radical (unpaired) electrons. The number of hydrogen-bond acceptors (Lipinski definition) is 3. The number of carbonyl (C=O) groups is 2. The summed E-state index contributed by atoms with van der Waals surface area (Å²) in [6.07, 6.45) is 9.07. The van der Waals surface area contributed by atoms with E-state index in [0.717, 1.165) is 12.8 Å². The van der Waals surface area contributed by atoms with Gasteiger partial charge in [0, 0.05) is 6.42 Å². The van der Waals surface area contributed by atoms with Crippen molar-refractivity contribution < 1.29 is 9.59 Å². The predicted molar refractivity (Wildman–Crippen MR) is 95.4 cm³/mol. The Labute approximate surface area is 142 Å². The minimum absolute atomic E-state index is 0.0103. The molecule has 1 atom stereocenters. The third kappa shape index (κ3) is 8.50. The molecule has 0 unspecified atom stereocenters. The molecular weight excluding hydrogens is 288 g/mol. The molecule has 0 aromatic rings. The lowest BCUT2D eigenvalue weighted by Crippen LogP contribution is -2.48. The van der Waals surface area contributed by atoms with E-state index >= 15 is 0 Å². The monoisotopic (exact) mass is 324 g/mol. The maximum absolute atomic E-state index is 12.0. The maximum atomic E-state index is 12.0. The van der Waals surface area contributed by atoms with Crippen molar-refractivity contribution in [3.05, 3.63) is 0 Å². The first-order valence-electron chi connectivity index (χ1n) is 9.33. The predicted octanol–water partition coefficient (Wildman–Crippen LogP) is 3.54. The molecule has 1 aliphatic heterocycles. The van der Waals surface area contributed by atoms with Crippen LogP contribution in [0.4, 0.5) is 0 Å². The highest BCUT2D eigenvalue weighted by molar-refractivity contribution is 5.88. The number of unbranched alkanes of at least 4 members (excludes halogenated alkanes) is 3. The highest BCUT2D eigenvalue weighted by Gasteiger charge is 2.29. The SMILES string of the molecule is CC(=O)[C@@H](NC(=O)CCCCCCN1CCCCC1)C(C)(C)C. The molecule has 0 aliphatic carbocycles. The van der Waals surface area contributed by atoms with E-state index in [0.29, 0.717) is 6.42 Å². The van der Waals surface area contributed by atoms with E-state index < -0.39 is 0 Å². The smallest absolute Gasteiger partial charge is 0.220 e. The van der Waals surface area contributed by atoms with Gasteiger partial charge in [-0.05, 0) is 57.7 Å². The number of amides is 1. The Bertz CT molecular complexity index is 368. The molecule has 134 valence electrons. The zero-order valence-electron chi connectivity index (χ0n) is 15.6. The first kappa shape index (κ1) is 20.1. The van der Waals surface area contributed by atoms with Gasteiger partial charge in [0.15, 0.2) is 5.78 Å². The first-order valence-corrected chi connectivity index (χ1v) is 9.33. The third-order valence-electron chi connectivity index (χ3n) is 4.65. The van der Waals surface area contributed by atoms with Crippen LogP contribution >= 0.6 is 0 Å². The number of hydrogen-bond donors (Lipinski definition) is 1. The van der Waals surface area contributed by atoms with Gasteiger partial charge < -0.3 is 10.2 Å². The van der Waals surface area contributed by atoms with Gasteiger partial charge in [0.2, 0.25) is 5.91 Å². The summed E-state index contributed by atoms with van der Waals surface area (Å²) in [4.78, 5) is 26.3. The number of nitrogens with zero attached hydrogens (tertiary/aromatic N) is 1. The van der Waals surface area contributed by atoms with Crippen molar-refractivity contribution in [3.8, 4) is 0 Å². The van der Waals surface area contributed by atoms with Crippen LogP contribution in [0.15, 0.2) is 0 Å². The van der Waals surface area contributed by atoms with Crippen LogP contribution in [0.1, 0.15) is 79.1 Å². The summed E-state index contributed by atoms with van der Waals surface area (Å²) in [6, 6.07) is -0.380. The van der Waals surface area contributed by atoms with E-state index in [1.165, 1.54) is 51.7 Å². The Morgan fingerprint density at radius 1 is 1.00 bits per heavy atom.